The molecule has 0 aliphatic carbocycles. The van der Waals surface area contributed by atoms with Crippen LogP contribution in [0.2, 0.25) is 10.0 Å². The number of nitrogen functional groups attached to an aromatic ring is 1. The number of benzene rings is 2. The lowest BCUT2D eigenvalue weighted by Crippen LogP contribution is -2.20. The van der Waals surface area contributed by atoms with Gasteiger partial charge in [0.25, 0.3) is 0 Å². The molecule has 0 amide bonds. The van der Waals surface area contributed by atoms with Gasteiger partial charge in [0.2, 0.25) is 0 Å². The smallest absolute Gasteiger partial charge is 0.117 e. The standard InChI is InChI=1S/C16H15Cl2N3/c1-16(2,9-3-5-10(19)6-4-9)15-20-13-7-11(17)12(18)8-14(13)21-15/h3-8H,19H2,1-2H3,(H,20,21). The first-order chi connectivity index (χ1) is 9.88. The Hall–Kier alpha value is -1.71. The maximum atomic E-state index is 6.05. The van der Waals surface area contributed by atoms with E-state index in [-0.39, 0.29) is 5.41 Å². The van der Waals surface area contributed by atoms with E-state index >= 15 is 0 Å². The van der Waals surface area contributed by atoms with Crippen LogP contribution in [0.25, 0.3) is 11.0 Å². The highest BCUT2D eigenvalue weighted by atomic mass is 35.5. The zero-order chi connectivity index (χ0) is 15.2. The summed E-state index contributed by atoms with van der Waals surface area (Å²) < 4.78 is 0. The number of nitrogens with zero attached hydrogens (tertiary/aromatic N) is 1. The molecule has 0 aliphatic rings. The second-order valence-corrected chi connectivity index (χ2v) is 6.43. The first-order valence-corrected chi connectivity index (χ1v) is 7.35. The molecule has 0 aliphatic heterocycles. The van der Waals surface area contributed by atoms with E-state index in [4.69, 9.17) is 28.9 Å². The SMILES string of the molecule is CC(C)(c1ccc(N)cc1)c1nc2cc(Cl)c(Cl)cc2[nH]1. The molecule has 3 nitrogen and oxygen atoms in total. The van der Waals surface area contributed by atoms with Crippen LogP contribution in [0, 0.1) is 0 Å². The number of aromatic amines is 1. The molecule has 0 unspecified atom stereocenters. The molecule has 0 saturated carbocycles. The first-order valence-electron chi connectivity index (χ1n) is 6.59. The van der Waals surface area contributed by atoms with Crippen molar-refractivity contribution in [1.82, 2.24) is 9.97 Å². The highest BCUT2D eigenvalue weighted by Gasteiger charge is 2.27. The highest BCUT2D eigenvalue weighted by molar-refractivity contribution is 6.42. The number of H-pyrrole nitrogens is 1. The van der Waals surface area contributed by atoms with Gasteiger partial charge in [-0.2, -0.15) is 0 Å². The molecule has 0 spiro atoms. The molecule has 0 atom stereocenters. The number of aromatic nitrogens is 2. The van der Waals surface area contributed by atoms with Gasteiger partial charge in [0.05, 0.1) is 21.1 Å². The fraction of sp³-hybridized carbons (Fsp3) is 0.188. The van der Waals surface area contributed by atoms with Gasteiger partial charge in [-0.25, -0.2) is 4.98 Å². The number of fused-ring (bicyclic) bond motifs is 1. The molecule has 0 fully saturated rings. The Morgan fingerprint density at radius 2 is 1.67 bits per heavy atom. The third kappa shape index (κ3) is 2.47. The number of hydrogen-bond donors (Lipinski definition) is 2. The lowest BCUT2D eigenvalue weighted by molar-refractivity contribution is 0.601. The van der Waals surface area contributed by atoms with Crippen LogP contribution in [0.5, 0.6) is 0 Å². The Labute approximate surface area is 133 Å². The van der Waals surface area contributed by atoms with Gasteiger partial charge in [-0.15, -0.1) is 0 Å². The zero-order valence-corrected chi connectivity index (χ0v) is 13.3. The van der Waals surface area contributed by atoms with Crippen molar-refractivity contribution < 1.29 is 0 Å². The minimum Gasteiger partial charge on any atom is -0.399 e. The molecule has 3 aromatic rings. The van der Waals surface area contributed by atoms with Crippen molar-refractivity contribution in [1.29, 1.82) is 0 Å². The van der Waals surface area contributed by atoms with Crippen molar-refractivity contribution in [2.24, 2.45) is 0 Å². The lowest BCUT2D eigenvalue weighted by atomic mass is 9.84. The number of halogens is 2. The largest absolute Gasteiger partial charge is 0.399 e. The van der Waals surface area contributed by atoms with Gasteiger partial charge in [-0.3, -0.25) is 0 Å². The van der Waals surface area contributed by atoms with E-state index in [1.807, 2.05) is 24.3 Å². The van der Waals surface area contributed by atoms with Crippen molar-refractivity contribution in [2.75, 3.05) is 5.73 Å². The molecule has 0 saturated heterocycles. The summed E-state index contributed by atoms with van der Waals surface area (Å²) in [5, 5.41) is 1.03. The molecule has 5 heteroatoms. The molecular weight excluding hydrogens is 305 g/mol. The van der Waals surface area contributed by atoms with Crippen molar-refractivity contribution in [3.63, 3.8) is 0 Å². The maximum Gasteiger partial charge on any atom is 0.117 e. The van der Waals surface area contributed by atoms with E-state index < -0.39 is 0 Å². The molecular formula is C16H15Cl2N3. The molecule has 0 bridgehead atoms. The van der Waals surface area contributed by atoms with Crippen LogP contribution in [-0.2, 0) is 5.41 Å². The van der Waals surface area contributed by atoms with Gasteiger partial charge in [0, 0.05) is 11.1 Å². The average molecular weight is 320 g/mol. The van der Waals surface area contributed by atoms with Crippen LogP contribution in [0.1, 0.15) is 25.2 Å². The fourth-order valence-electron chi connectivity index (χ4n) is 2.34. The molecule has 1 aromatic heterocycles. The van der Waals surface area contributed by atoms with E-state index in [0.29, 0.717) is 10.0 Å². The molecule has 1 heterocycles. The van der Waals surface area contributed by atoms with E-state index in [9.17, 15) is 0 Å². The maximum absolute atomic E-state index is 6.05. The molecule has 21 heavy (non-hydrogen) atoms. The Bertz CT molecular complexity index is 765. The molecule has 108 valence electrons. The Morgan fingerprint density at radius 1 is 1.05 bits per heavy atom. The summed E-state index contributed by atoms with van der Waals surface area (Å²) in [5.41, 5.74) is 9.04. The number of nitrogens with one attached hydrogen (secondary N) is 1. The molecule has 3 rings (SSSR count). The summed E-state index contributed by atoms with van der Waals surface area (Å²) in [5.74, 6) is 0.862. The second-order valence-electron chi connectivity index (χ2n) is 5.62. The number of nitrogens with two attached hydrogens (primary N) is 1. The van der Waals surface area contributed by atoms with Gasteiger partial charge in [-0.1, -0.05) is 35.3 Å². The van der Waals surface area contributed by atoms with E-state index in [1.165, 1.54) is 0 Å². The minimum atomic E-state index is -0.272. The number of hydrogen-bond acceptors (Lipinski definition) is 2. The van der Waals surface area contributed by atoms with Gasteiger partial charge < -0.3 is 10.7 Å². The van der Waals surface area contributed by atoms with Gasteiger partial charge in [0.15, 0.2) is 0 Å². The molecule has 2 aromatic carbocycles. The normalized spacial score (nSPS) is 12.0. The number of anilines is 1. The average Bonchev–Trinajstić information content (AvgIpc) is 2.83. The lowest BCUT2D eigenvalue weighted by Gasteiger charge is -2.22. The topological polar surface area (TPSA) is 54.7 Å². The summed E-state index contributed by atoms with van der Waals surface area (Å²) in [6.07, 6.45) is 0. The van der Waals surface area contributed by atoms with Crippen LogP contribution in [0.15, 0.2) is 36.4 Å². The van der Waals surface area contributed by atoms with Gasteiger partial charge in [-0.05, 0) is 43.7 Å². The van der Waals surface area contributed by atoms with Crippen LogP contribution in [0.4, 0.5) is 5.69 Å². The fourth-order valence-corrected chi connectivity index (χ4v) is 2.66. The summed E-state index contributed by atoms with van der Waals surface area (Å²) in [4.78, 5) is 7.99. The highest BCUT2D eigenvalue weighted by Crippen LogP contribution is 2.33. The van der Waals surface area contributed by atoms with Gasteiger partial charge in [0.1, 0.15) is 5.82 Å². The Kier molecular flexibility index (Phi) is 3.34. The molecule has 3 N–H and O–H groups in total. The first kappa shape index (κ1) is 14.2. The van der Waals surface area contributed by atoms with Crippen LogP contribution < -0.4 is 5.73 Å². The monoisotopic (exact) mass is 319 g/mol. The van der Waals surface area contributed by atoms with Crippen molar-refractivity contribution >= 4 is 39.9 Å². The molecule has 0 radical (unpaired) electrons. The van der Waals surface area contributed by atoms with Crippen LogP contribution in [0.3, 0.4) is 0 Å². The number of imidazole rings is 1. The Morgan fingerprint density at radius 3 is 2.33 bits per heavy atom. The summed E-state index contributed by atoms with van der Waals surface area (Å²) in [7, 11) is 0. The summed E-state index contributed by atoms with van der Waals surface area (Å²) in [6.45, 7) is 4.22. The van der Waals surface area contributed by atoms with E-state index in [1.54, 1.807) is 12.1 Å². The Balaban J connectivity index is 2.12. The third-order valence-electron chi connectivity index (χ3n) is 3.75. The predicted octanol–water partition coefficient (Wildman–Crippen LogP) is 4.78. The zero-order valence-electron chi connectivity index (χ0n) is 11.7. The summed E-state index contributed by atoms with van der Waals surface area (Å²) >= 11 is 12.1. The number of rotatable bonds is 2. The van der Waals surface area contributed by atoms with Crippen LogP contribution in [-0.4, -0.2) is 9.97 Å². The summed E-state index contributed by atoms with van der Waals surface area (Å²) in [6, 6.07) is 11.4. The minimum absolute atomic E-state index is 0.272. The van der Waals surface area contributed by atoms with Crippen LogP contribution >= 0.6 is 23.2 Å². The van der Waals surface area contributed by atoms with Crippen molar-refractivity contribution in [3.8, 4) is 0 Å². The van der Waals surface area contributed by atoms with E-state index in [0.717, 1.165) is 28.1 Å². The predicted molar refractivity (Wildman–Crippen MR) is 89.1 cm³/mol. The van der Waals surface area contributed by atoms with Crippen molar-refractivity contribution in [2.45, 2.75) is 19.3 Å². The van der Waals surface area contributed by atoms with Gasteiger partial charge >= 0.3 is 0 Å². The third-order valence-corrected chi connectivity index (χ3v) is 4.47. The second kappa shape index (κ2) is 4.93. The van der Waals surface area contributed by atoms with E-state index in [2.05, 4.69) is 23.8 Å². The van der Waals surface area contributed by atoms with Crippen molar-refractivity contribution in [3.05, 3.63) is 57.8 Å². The quantitative estimate of drug-likeness (QED) is 0.668.